The van der Waals surface area contributed by atoms with Crippen molar-refractivity contribution in [2.75, 3.05) is 31.5 Å². The van der Waals surface area contributed by atoms with Crippen LogP contribution in [0.2, 0.25) is 5.02 Å². The van der Waals surface area contributed by atoms with E-state index >= 15 is 0 Å². The predicted octanol–water partition coefficient (Wildman–Crippen LogP) is 4.16. The van der Waals surface area contributed by atoms with Crippen LogP contribution in [-0.2, 0) is 7.05 Å². The molecule has 4 aromatic rings. The van der Waals surface area contributed by atoms with Gasteiger partial charge in [0.05, 0.1) is 33.5 Å². The monoisotopic (exact) mass is 469 g/mol. The minimum Gasteiger partial charge on any atom is -0.490 e. The summed E-state index contributed by atoms with van der Waals surface area (Å²) in [7, 11) is 1.71. The smallest absolute Gasteiger partial charge is 0.259 e. The summed E-state index contributed by atoms with van der Waals surface area (Å²) < 4.78 is 22.0. The summed E-state index contributed by atoms with van der Waals surface area (Å²) in [5, 5.41) is 4.85. The number of aromatic nitrogens is 3. The maximum atomic E-state index is 14.2. The number of benzene rings is 2. The second-order valence-electron chi connectivity index (χ2n) is 8.40. The van der Waals surface area contributed by atoms with Gasteiger partial charge >= 0.3 is 0 Å². The molecule has 0 bridgehead atoms. The minimum absolute atomic E-state index is 0.0714. The van der Waals surface area contributed by atoms with Gasteiger partial charge in [-0.05, 0) is 37.1 Å². The van der Waals surface area contributed by atoms with E-state index in [-0.39, 0.29) is 17.5 Å². The molecule has 33 heavy (non-hydrogen) atoms. The number of likely N-dealkylation sites (tertiary alicyclic amines) is 1. The molecule has 2 N–H and O–H groups in total. The minimum atomic E-state index is -0.288. The fraction of sp³-hybridized carbons (Fsp3) is 0.333. The standard InChI is InChI=1S/C24H25ClFN5O2/c1-30-8-6-16-22(3-2-17(25)23(16)24(30)32)33-15-4-9-31(10-5-15)11-7-27-19-13-21-20(12-18(19)26)28-14-29-21/h2-3,6,8,12-15,27H,4-5,7,9-11H2,1H3,(H,28,29). The van der Waals surface area contributed by atoms with E-state index in [1.54, 1.807) is 31.7 Å². The van der Waals surface area contributed by atoms with Crippen molar-refractivity contribution < 1.29 is 9.13 Å². The van der Waals surface area contributed by atoms with Crippen LogP contribution in [-0.4, -0.2) is 51.7 Å². The highest BCUT2D eigenvalue weighted by Gasteiger charge is 2.22. The van der Waals surface area contributed by atoms with E-state index in [2.05, 4.69) is 20.2 Å². The molecule has 2 aromatic carbocycles. The van der Waals surface area contributed by atoms with Crippen LogP contribution >= 0.6 is 11.6 Å². The Balaban J connectivity index is 1.16. The van der Waals surface area contributed by atoms with Crippen LogP contribution in [0, 0.1) is 5.82 Å². The molecule has 1 fully saturated rings. The molecule has 1 aliphatic heterocycles. The Hall–Kier alpha value is -3.10. The van der Waals surface area contributed by atoms with Gasteiger partial charge in [-0.3, -0.25) is 4.79 Å². The fourth-order valence-corrected chi connectivity index (χ4v) is 4.61. The number of rotatable bonds is 6. The quantitative estimate of drug-likeness (QED) is 0.443. The Bertz CT molecular complexity index is 1360. The molecule has 0 atom stereocenters. The maximum Gasteiger partial charge on any atom is 0.259 e. The van der Waals surface area contributed by atoms with Gasteiger partial charge in [0.1, 0.15) is 17.7 Å². The summed E-state index contributed by atoms with van der Waals surface area (Å²) in [6, 6.07) is 8.62. The van der Waals surface area contributed by atoms with Crippen LogP contribution < -0.4 is 15.6 Å². The van der Waals surface area contributed by atoms with Crippen LogP contribution in [0.15, 0.2) is 47.7 Å². The van der Waals surface area contributed by atoms with E-state index in [0.29, 0.717) is 33.9 Å². The highest BCUT2D eigenvalue weighted by atomic mass is 35.5. The van der Waals surface area contributed by atoms with E-state index in [4.69, 9.17) is 16.3 Å². The lowest BCUT2D eigenvalue weighted by atomic mass is 10.1. The Kier molecular flexibility index (Phi) is 5.95. The van der Waals surface area contributed by atoms with Crippen molar-refractivity contribution in [2.24, 2.45) is 7.05 Å². The molecule has 0 unspecified atom stereocenters. The highest BCUT2D eigenvalue weighted by Crippen LogP contribution is 2.31. The van der Waals surface area contributed by atoms with Crippen molar-refractivity contribution in [3.63, 3.8) is 0 Å². The van der Waals surface area contributed by atoms with Gasteiger partial charge in [0.2, 0.25) is 0 Å². The summed E-state index contributed by atoms with van der Waals surface area (Å²) in [5.74, 6) is 0.403. The number of ether oxygens (including phenoxy) is 1. The number of fused-ring (bicyclic) bond motifs is 2. The van der Waals surface area contributed by atoms with Crippen molar-refractivity contribution in [3.05, 3.63) is 64.0 Å². The van der Waals surface area contributed by atoms with Crippen molar-refractivity contribution in [3.8, 4) is 5.75 Å². The third-order valence-electron chi connectivity index (χ3n) is 6.23. The van der Waals surface area contributed by atoms with Gasteiger partial charge in [-0.15, -0.1) is 0 Å². The normalized spacial score (nSPS) is 15.4. The number of nitrogens with zero attached hydrogens (tertiary/aromatic N) is 3. The van der Waals surface area contributed by atoms with Crippen LogP contribution in [0.25, 0.3) is 21.8 Å². The first-order valence-electron chi connectivity index (χ1n) is 11.0. The van der Waals surface area contributed by atoms with Crippen LogP contribution in [0.5, 0.6) is 5.75 Å². The first kappa shape index (κ1) is 21.7. The lowest BCUT2D eigenvalue weighted by Crippen LogP contribution is -2.40. The molecule has 9 heteroatoms. The number of hydrogen-bond donors (Lipinski definition) is 2. The lowest BCUT2D eigenvalue weighted by Gasteiger charge is -2.32. The lowest BCUT2D eigenvalue weighted by molar-refractivity contribution is 0.104. The first-order chi connectivity index (χ1) is 16.0. The Morgan fingerprint density at radius 2 is 2.09 bits per heavy atom. The zero-order valence-electron chi connectivity index (χ0n) is 18.3. The summed E-state index contributed by atoms with van der Waals surface area (Å²) in [6.07, 6.45) is 5.12. The zero-order chi connectivity index (χ0) is 22.9. The second-order valence-corrected chi connectivity index (χ2v) is 8.81. The molecular formula is C24H25ClFN5O2. The zero-order valence-corrected chi connectivity index (χ0v) is 19.0. The number of imidazole rings is 1. The number of pyridine rings is 1. The number of hydrogen-bond acceptors (Lipinski definition) is 5. The van der Waals surface area contributed by atoms with Gasteiger partial charge in [0.15, 0.2) is 0 Å². The largest absolute Gasteiger partial charge is 0.490 e. The van der Waals surface area contributed by atoms with Gasteiger partial charge in [-0.1, -0.05) is 11.6 Å². The summed E-state index contributed by atoms with van der Waals surface area (Å²) >= 11 is 6.28. The molecule has 2 aromatic heterocycles. The fourth-order valence-electron chi connectivity index (χ4n) is 4.36. The third-order valence-corrected chi connectivity index (χ3v) is 6.55. The molecule has 0 radical (unpaired) electrons. The van der Waals surface area contributed by atoms with E-state index in [0.717, 1.165) is 43.4 Å². The Labute approximate surface area is 195 Å². The van der Waals surface area contributed by atoms with Gasteiger partial charge in [0.25, 0.3) is 5.56 Å². The summed E-state index contributed by atoms with van der Waals surface area (Å²) in [5.41, 5.74) is 1.76. The van der Waals surface area contributed by atoms with Crippen molar-refractivity contribution >= 4 is 39.1 Å². The number of nitrogens with one attached hydrogen (secondary N) is 2. The Morgan fingerprint density at radius 1 is 1.27 bits per heavy atom. The van der Waals surface area contributed by atoms with Gasteiger partial charge in [-0.2, -0.15) is 0 Å². The van der Waals surface area contributed by atoms with Crippen LogP contribution in [0.1, 0.15) is 12.8 Å². The van der Waals surface area contributed by atoms with Gasteiger partial charge < -0.3 is 24.5 Å². The second kappa shape index (κ2) is 9.03. The summed E-state index contributed by atoms with van der Waals surface area (Å²) in [6.45, 7) is 3.23. The van der Waals surface area contributed by atoms with E-state index < -0.39 is 0 Å². The first-order valence-corrected chi connectivity index (χ1v) is 11.4. The molecule has 3 heterocycles. The van der Waals surface area contributed by atoms with Crippen molar-refractivity contribution in [1.82, 2.24) is 19.4 Å². The van der Waals surface area contributed by atoms with Crippen molar-refractivity contribution in [1.29, 1.82) is 0 Å². The number of H-pyrrole nitrogens is 1. The maximum absolute atomic E-state index is 14.2. The van der Waals surface area contributed by atoms with E-state index in [1.807, 2.05) is 12.1 Å². The third kappa shape index (κ3) is 4.41. The molecular weight excluding hydrogens is 445 g/mol. The average molecular weight is 470 g/mol. The van der Waals surface area contributed by atoms with Gasteiger partial charge in [-0.25, -0.2) is 9.37 Å². The molecule has 0 aliphatic carbocycles. The molecule has 5 rings (SSSR count). The molecule has 0 amide bonds. The molecule has 0 spiro atoms. The van der Waals surface area contributed by atoms with Crippen LogP contribution in [0.3, 0.4) is 0 Å². The van der Waals surface area contributed by atoms with Crippen LogP contribution in [0.4, 0.5) is 10.1 Å². The molecule has 7 nitrogen and oxygen atoms in total. The number of aryl methyl sites for hydroxylation is 1. The molecule has 1 saturated heterocycles. The number of anilines is 1. The van der Waals surface area contributed by atoms with E-state index in [1.165, 1.54) is 10.6 Å². The molecule has 0 saturated carbocycles. The number of piperidine rings is 1. The van der Waals surface area contributed by atoms with E-state index in [9.17, 15) is 9.18 Å². The number of aromatic amines is 1. The average Bonchev–Trinajstić information content (AvgIpc) is 3.26. The molecule has 1 aliphatic rings. The summed E-state index contributed by atoms with van der Waals surface area (Å²) in [4.78, 5) is 21.9. The predicted molar refractivity (Wildman–Crippen MR) is 129 cm³/mol. The SMILES string of the molecule is Cn1ccc2c(OC3CCN(CCNc4cc5nc[nH]c5cc4F)CC3)ccc(Cl)c2c1=O. The van der Waals surface area contributed by atoms with Crippen molar-refractivity contribution in [2.45, 2.75) is 18.9 Å². The highest BCUT2D eigenvalue weighted by molar-refractivity contribution is 6.35. The number of halogens is 2. The topological polar surface area (TPSA) is 75.2 Å². The Morgan fingerprint density at radius 3 is 2.91 bits per heavy atom. The van der Waals surface area contributed by atoms with Gasteiger partial charge in [0, 0.05) is 50.9 Å². The molecule has 172 valence electrons.